The van der Waals surface area contributed by atoms with E-state index >= 15 is 0 Å². The van der Waals surface area contributed by atoms with Gasteiger partial charge in [0.1, 0.15) is 15.6 Å². The average Bonchev–Trinajstić information content (AvgIpc) is 3.22. The molecule has 1 aliphatic heterocycles. The van der Waals surface area contributed by atoms with E-state index in [4.69, 9.17) is 4.74 Å². The SMILES string of the molecule is COc1ccccc1-c1c(-c2ccc3c(c2)CCN(CCS(C)(=O)=O)CC3)ccn2n[c]nc12. The number of aromatic nitrogens is 3. The van der Waals surface area contributed by atoms with Crippen LogP contribution in [0, 0.1) is 6.33 Å². The molecule has 0 spiro atoms. The Balaban J connectivity index is 1.54. The van der Waals surface area contributed by atoms with E-state index in [1.165, 1.54) is 17.4 Å². The van der Waals surface area contributed by atoms with Crippen molar-refractivity contribution in [3.8, 4) is 28.0 Å². The highest BCUT2D eigenvalue weighted by molar-refractivity contribution is 7.90. The van der Waals surface area contributed by atoms with Crippen LogP contribution in [-0.4, -0.2) is 66.7 Å². The van der Waals surface area contributed by atoms with Gasteiger partial charge >= 0.3 is 0 Å². The van der Waals surface area contributed by atoms with Gasteiger partial charge in [-0.1, -0.05) is 36.4 Å². The van der Waals surface area contributed by atoms with E-state index in [0.29, 0.717) is 6.54 Å². The van der Waals surface area contributed by atoms with Crippen molar-refractivity contribution in [1.82, 2.24) is 19.5 Å². The number of methoxy groups -OCH3 is 1. The highest BCUT2D eigenvalue weighted by atomic mass is 32.2. The Kier molecular flexibility index (Phi) is 6.10. The summed E-state index contributed by atoms with van der Waals surface area (Å²) in [5.74, 6) is 0.975. The normalized spacial score (nSPS) is 14.6. The van der Waals surface area contributed by atoms with E-state index in [1.807, 2.05) is 30.5 Å². The molecule has 0 aliphatic carbocycles. The molecule has 7 nitrogen and oxygen atoms in total. The van der Waals surface area contributed by atoms with E-state index in [2.05, 4.69) is 45.6 Å². The Morgan fingerprint density at radius 3 is 2.62 bits per heavy atom. The number of fused-ring (bicyclic) bond motifs is 2. The van der Waals surface area contributed by atoms with Crippen LogP contribution < -0.4 is 4.74 Å². The fourth-order valence-corrected chi connectivity index (χ4v) is 5.24. The maximum atomic E-state index is 11.6. The van der Waals surface area contributed by atoms with Crippen molar-refractivity contribution >= 4 is 15.5 Å². The van der Waals surface area contributed by atoms with Crippen molar-refractivity contribution in [3.05, 3.63) is 72.2 Å². The van der Waals surface area contributed by atoms with Gasteiger partial charge in [-0.3, -0.25) is 0 Å². The first-order chi connectivity index (χ1) is 16.4. The highest BCUT2D eigenvalue weighted by Crippen LogP contribution is 2.40. The van der Waals surface area contributed by atoms with Crippen LogP contribution in [0.3, 0.4) is 0 Å². The molecule has 1 aliphatic rings. The summed E-state index contributed by atoms with van der Waals surface area (Å²) in [6.07, 6.45) is 7.73. The standard InChI is InChI=1S/C26H27N4O3S/c1-33-24-6-4-3-5-23(24)25-22(11-14-30-26(25)27-18-28-30)21-8-7-19-9-12-29(13-10-20(19)17-21)15-16-34(2,31)32/h3-8,11,14,17H,9-10,12-13,15-16H2,1-2H3. The van der Waals surface area contributed by atoms with Gasteiger partial charge < -0.3 is 9.64 Å². The van der Waals surface area contributed by atoms with Gasteiger partial charge in [0, 0.05) is 43.2 Å². The summed E-state index contributed by atoms with van der Waals surface area (Å²) in [5, 5.41) is 4.21. The minimum atomic E-state index is -2.96. The Morgan fingerprint density at radius 1 is 1.03 bits per heavy atom. The second kappa shape index (κ2) is 9.19. The number of pyridine rings is 1. The maximum Gasteiger partial charge on any atom is 0.221 e. The number of rotatable bonds is 6. The first-order valence-electron chi connectivity index (χ1n) is 11.3. The van der Waals surface area contributed by atoms with E-state index in [0.717, 1.165) is 59.6 Å². The zero-order valence-electron chi connectivity index (χ0n) is 19.4. The molecule has 0 bridgehead atoms. The highest BCUT2D eigenvalue weighted by Gasteiger charge is 2.20. The van der Waals surface area contributed by atoms with Gasteiger partial charge in [0.05, 0.1) is 12.9 Å². The van der Waals surface area contributed by atoms with Gasteiger partial charge in [0.2, 0.25) is 6.33 Å². The van der Waals surface area contributed by atoms with Crippen molar-refractivity contribution < 1.29 is 13.2 Å². The first kappa shape index (κ1) is 22.6. The van der Waals surface area contributed by atoms with Crippen molar-refractivity contribution in [2.45, 2.75) is 12.8 Å². The minimum absolute atomic E-state index is 0.201. The Morgan fingerprint density at radius 2 is 1.82 bits per heavy atom. The molecular formula is C26H27N4O3S. The van der Waals surface area contributed by atoms with E-state index < -0.39 is 9.84 Å². The largest absolute Gasteiger partial charge is 0.496 e. The van der Waals surface area contributed by atoms with Crippen LogP contribution >= 0.6 is 0 Å². The molecule has 1 radical (unpaired) electrons. The number of para-hydroxylation sites is 1. The summed E-state index contributed by atoms with van der Waals surface area (Å²) in [6, 6.07) is 16.6. The fourth-order valence-electron chi connectivity index (χ4n) is 4.65. The summed E-state index contributed by atoms with van der Waals surface area (Å²) in [7, 11) is -1.29. The van der Waals surface area contributed by atoms with Crippen LogP contribution in [0.1, 0.15) is 11.1 Å². The molecule has 0 unspecified atom stereocenters. The lowest BCUT2D eigenvalue weighted by molar-refractivity contribution is 0.304. The summed E-state index contributed by atoms with van der Waals surface area (Å²) < 4.78 is 30.6. The zero-order chi connectivity index (χ0) is 23.7. The van der Waals surface area contributed by atoms with Crippen LogP contribution in [0.2, 0.25) is 0 Å². The van der Waals surface area contributed by atoms with Crippen molar-refractivity contribution in [2.75, 3.05) is 38.8 Å². The number of ether oxygens (including phenoxy) is 1. The molecule has 0 fully saturated rings. The maximum absolute atomic E-state index is 11.6. The van der Waals surface area contributed by atoms with Crippen LogP contribution in [0.15, 0.2) is 54.7 Å². The number of nitrogens with zero attached hydrogens (tertiary/aromatic N) is 4. The van der Waals surface area contributed by atoms with Crippen LogP contribution in [-0.2, 0) is 22.7 Å². The topological polar surface area (TPSA) is 76.8 Å². The average molecular weight is 476 g/mol. The molecule has 5 rings (SSSR count). The summed E-state index contributed by atoms with van der Waals surface area (Å²) >= 11 is 0. The third-order valence-electron chi connectivity index (χ3n) is 6.47. The second-order valence-corrected chi connectivity index (χ2v) is 11.0. The molecule has 0 amide bonds. The predicted octanol–water partition coefficient (Wildman–Crippen LogP) is 3.32. The molecule has 34 heavy (non-hydrogen) atoms. The number of hydrogen-bond donors (Lipinski definition) is 0. The molecule has 0 saturated carbocycles. The third-order valence-corrected chi connectivity index (χ3v) is 7.39. The van der Waals surface area contributed by atoms with E-state index in [1.54, 1.807) is 11.6 Å². The molecule has 175 valence electrons. The second-order valence-electron chi connectivity index (χ2n) is 8.74. The lowest BCUT2D eigenvalue weighted by atomic mass is 9.92. The van der Waals surface area contributed by atoms with Crippen LogP contribution in [0.25, 0.3) is 27.9 Å². The smallest absolute Gasteiger partial charge is 0.221 e. The fraction of sp³-hybridized carbons (Fsp3) is 0.308. The van der Waals surface area contributed by atoms with Gasteiger partial charge in [0.15, 0.2) is 5.65 Å². The summed E-state index contributed by atoms with van der Waals surface area (Å²) in [5.41, 5.74) is 7.42. The van der Waals surface area contributed by atoms with Crippen LogP contribution in [0.5, 0.6) is 5.75 Å². The Labute approximate surface area is 199 Å². The zero-order valence-corrected chi connectivity index (χ0v) is 20.2. The quantitative estimate of drug-likeness (QED) is 0.426. The molecule has 0 saturated heterocycles. The van der Waals surface area contributed by atoms with E-state index in [9.17, 15) is 8.42 Å². The van der Waals surface area contributed by atoms with Gasteiger partial charge in [0.25, 0.3) is 0 Å². The molecule has 4 aromatic rings. The molecule has 2 aromatic heterocycles. The van der Waals surface area contributed by atoms with Crippen molar-refractivity contribution in [2.24, 2.45) is 0 Å². The third kappa shape index (κ3) is 4.56. The van der Waals surface area contributed by atoms with Gasteiger partial charge in [-0.25, -0.2) is 17.9 Å². The molecule has 0 atom stereocenters. The minimum Gasteiger partial charge on any atom is -0.496 e. The molecular weight excluding hydrogens is 448 g/mol. The molecule has 0 N–H and O–H groups in total. The van der Waals surface area contributed by atoms with Gasteiger partial charge in [-0.05, 0) is 47.2 Å². The lowest BCUT2D eigenvalue weighted by Gasteiger charge is -2.18. The number of sulfone groups is 1. The van der Waals surface area contributed by atoms with E-state index in [-0.39, 0.29) is 5.75 Å². The lowest BCUT2D eigenvalue weighted by Crippen LogP contribution is -2.31. The number of benzene rings is 2. The first-order valence-corrected chi connectivity index (χ1v) is 13.4. The Bertz CT molecular complexity index is 1450. The predicted molar refractivity (Wildman–Crippen MR) is 133 cm³/mol. The Hall–Kier alpha value is -3.23. The molecule has 3 heterocycles. The molecule has 8 heteroatoms. The van der Waals surface area contributed by atoms with Crippen molar-refractivity contribution in [3.63, 3.8) is 0 Å². The van der Waals surface area contributed by atoms with Gasteiger partial charge in [-0.2, -0.15) is 0 Å². The monoisotopic (exact) mass is 475 g/mol. The summed E-state index contributed by atoms with van der Waals surface area (Å²) in [4.78, 5) is 6.67. The van der Waals surface area contributed by atoms with Gasteiger partial charge in [-0.15, -0.1) is 5.10 Å². The van der Waals surface area contributed by atoms with Crippen molar-refractivity contribution in [1.29, 1.82) is 0 Å². The molecule has 2 aromatic carbocycles. The summed E-state index contributed by atoms with van der Waals surface area (Å²) in [6.45, 7) is 2.30. The van der Waals surface area contributed by atoms with Crippen LogP contribution in [0.4, 0.5) is 0 Å². The number of hydrogen-bond acceptors (Lipinski definition) is 6.